The Kier molecular flexibility index (Phi) is 5.63. The van der Waals surface area contributed by atoms with Gasteiger partial charge < -0.3 is 19.5 Å². The molecule has 1 heterocycles. The smallest absolute Gasteiger partial charge is 0.268 e. The van der Waals surface area contributed by atoms with Crippen molar-refractivity contribution in [2.75, 3.05) is 40.4 Å². The Labute approximate surface area is 128 Å². The maximum atomic E-state index is 12.2. The minimum atomic E-state index is 0.00254. The summed E-state index contributed by atoms with van der Waals surface area (Å²) < 4.78 is 8.07. The van der Waals surface area contributed by atoms with Gasteiger partial charge in [-0.25, -0.2) is 0 Å². The minimum absolute atomic E-state index is 0.00254. The van der Waals surface area contributed by atoms with Crippen LogP contribution in [0.4, 0.5) is 0 Å². The summed E-state index contributed by atoms with van der Waals surface area (Å²) in [6.45, 7) is 3.05. The van der Waals surface area contributed by atoms with E-state index in [1.54, 1.807) is 7.11 Å². The summed E-state index contributed by atoms with van der Waals surface area (Å²) in [5.74, 6) is 0.00254. The van der Waals surface area contributed by atoms with Gasteiger partial charge in [-0.2, -0.15) is 0 Å². The second kappa shape index (κ2) is 7.24. The summed E-state index contributed by atoms with van der Waals surface area (Å²) in [4.78, 5) is 14.3. The molecule has 0 atom stereocenters. The normalized spacial score (nSPS) is 14.8. The minimum Gasteiger partial charge on any atom is -0.383 e. The van der Waals surface area contributed by atoms with Crippen molar-refractivity contribution in [3.8, 4) is 0 Å². The highest BCUT2D eigenvalue weighted by atomic mass is 79.9. The number of nitrogens with zero attached hydrogens (tertiary/aromatic N) is 2. The zero-order valence-corrected chi connectivity index (χ0v) is 13.6. The Balaban J connectivity index is 1.80. The zero-order chi connectivity index (χ0) is 14.5. The lowest BCUT2D eigenvalue weighted by Gasteiger charge is -2.16. The largest absolute Gasteiger partial charge is 0.383 e. The van der Waals surface area contributed by atoms with Crippen molar-refractivity contribution in [3.05, 3.63) is 22.4 Å². The van der Waals surface area contributed by atoms with Gasteiger partial charge >= 0.3 is 0 Å². The number of ether oxygens (including phenoxy) is 1. The van der Waals surface area contributed by atoms with Crippen LogP contribution in [0.1, 0.15) is 29.4 Å². The van der Waals surface area contributed by atoms with E-state index in [1.807, 2.05) is 19.3 Å². The number of aromatic nitrogens is 1. The van der Waals surface area contributed by atoms with Crippen molar-refractivity contribution in [2.24, 2.45) is 0 Å². The standard InChI is InChI=1S/C14H22BrN3O2/c1-17(7-8-20-2)6-5-16-14(19)13-9-11(15)10-18(13)12-3-4-12/h9-10,12H,3-8H2,1-2H3,(H,16,19). The molecule has 1 aliphatic carbocycles. The topological polar surface area (TPSA) is 46.5 Å². The first-order chi connectivity index (χ1) is 9.61. The van der Waals surface area contributed by atoms with Gasteiger partial charge in [-0.15, -0.1) is 0 Å². The van der Waals surface area contributed by atoms with Crippen LogP contribution in [0.3, 0.4) is 0 Å². The van der Waals surface area contributed by atoms with Crippen LogP contribution in [0, 0.1) is 0 Å². The van der Waals surface area contributed by atoms with E-state index < -0.39 is 0 Å². The number of methoxy groups -OCH3 is 1. The Morgan fingerprint density at radius 2 is 2.30 bits per heavy atom. The number of rotatable bonds is 8. The fourth-order valence-electron chi connectivity index (χ4n) is 2.09. The summed E-state index contributed by atoms with van der Waals surface area (Å²) >= 11 is 3.44. The average molecular weight is 344 g/mol. The van der Waals surface area contributed by atoms with E-state index in [0.717, 1.165) is 23.3 Å². The highest BCUT2D eigenvalue weighted by Crippen LogP contribution is 2.37. The molecule has 0 aliphatic heterocycles. The number of carbonyl (C=O) groups is 1. The van der Waals surface area contributed by atoms with Gasteiger partial charge in [0.25, 0.3) is 5.91 Å². The highest BCUT2D eigenvalue weighted by molar-refractivity contribution is 9.10. The van der Waals surface area contributed by atoms with Crippen LogP contribution in [0.15, 0.2) is 16.7 Å². The third kappa shape index (κ3) is 4.33. The van der Waals surface area contributed by atoms with Crippen molar-refractivity contribution >= 4 is 21.8 Å². The molecule has 2 rings (SSSR count). The Morgan fingerprint density at radius 1 is 1.55 bits per heavy atom. The van der Waals surface area contributed by atoms with Gasteiger partial charge in [0.05, 0.1) is 6.61 Å². The summed E-state index contributed by atoms with van der Waals surface area (Å²) in [7, 11) is 3.72. The summed E-state index contributed by atoms with van der Waals surface area (Å²) in [5.41, 5.74) is 0.749. The molecule has 1 N–H and O–H groups in total. The van der Waals surface area contributed by atoms with Crippen molar-refractivity contribution < 1.29 is 9.53 Å². The molecule has 0 saturated heterocycles. The molecule has 1 aromatic rings. The maximum absolute atomic E-state index is 12.2. The summed E-state index contributed by atoms with van der Waals surface area (Å²) in [6.07, 6.45) is 4.33. The zero-order valence-electron chi connectivity index (χ0n) is 12.1. The first-order valence-electron chi connectivity index (χ1n) is 6.95. The van der Waals surface area contributed by atoms with Crippen molar-refractivity contribution in [1.29, 1.82) is 0 Å². The number of halogens is 1. The SMILES string of the molecule is COCCN(C)CCNC(=O)c1cc(Br)cn1C1CC1. The lowest BCUT2D eigenvalue weighted by Crippen LogP contribution is -2.35. The number of amides is 1. The van der Waals surface area contributed by atoms with Crippen LogP contribution in [0.25, 0.3) is 0 Å². The number of carbonyl (C=O) groups excluding carboxylic acids is 1. The summed E-state index contributed by atoms with van der Waals surface area (Å²) in [6, 6.07) is 2.40. The number of likely N-dealkylation sites (N-methyl/N-ethyl adjacent to an activating group) is 1. The average Bonchev–Trinajstić information content (AvgIpc) is 3.19. The van der Waals surface area contributed by atoms with Crippen LogP contribution in [-0.4, -0.2) is 55.8 Å². The van der Waals surface area contributed by atoms with Crippen LogP contribution in [0.5, 0.6) is 0 Å². The van der Waals surface area contributed by atoms with Crippen molar-refractivity contribution in [1.82, 2.24) is 14.8 Å². The fourth-order valence-corrected chi connectivity index (χ4v) is 2.53. The van der Waals surface area contributed by atoms with Gasteiger partial charge in [0.15, 0.2) is 0 Å². The molecule has 6 heteroatoms. The number of hydrogen-bond acceptors (Lipinski definition) is 3. The molecule has 5 nitrogen and oxygen atoms in total. The molecule has 0 unspecified atom stereocenters. The van der Waals surface area contributed by atoms with E-state index in [0.29, 0.717) is 19.2 Å². The molecular weight excluding hydrogens is 322 g/mol. The van der Waals surface area contributed by atoms with Gasteiger partial charge in [0.2, 0.25) is 0 Å². The van der Waals surface area contributed by atoms with Gasteiger partial charge in [-0.05, 0) is 41.9 Å². The lowest BCUT2D eigenvalue weighted by atomic mass is 10.4. The lowest BCUT2D eigenvalue weighted by molar-refractivity contribution is 0.0938. The molecule has 0 spiro atoms. The van der Waals surface area contributed by atoms with E-state index in [1.165, 1.54) is 12.8 Å². The van der Waals surface area contributed by atoms with E-state index >= 15 is 0 Å². The first kappa shape index (κ1) is 15.5. The fraction of sp³-hybridized carbons (Fsp3) is 0.643. The van der Waals surface area contributed by atoms with E-state index in [2.05, 4.69) is 30.7 Å². The Bertz CT molecular complexity index is 457. The van der Waals surface area contributed by atoms with Crippen molar-refractivity contribution in [2.45, 2.75) is 18.9 Å². The van der Waals surface area contributed by atoms with Gasteiger partial charge in [0.1, 0.15) is 5.69 Å². The number of hydrogen-bond donors (Lipinski definition) is 1. The van der Waals surface area contributed by atoms with Crippen LogP contribution >= 0.6 is 15.9 Å². The van der Waals surface area contributed by atoms with E-state index in [9.17, 15) is 4.79 Å². The molecular formula is C14H22BrN3O2. The second-order valence-electron chi connectivity index (χ2n) is 5.23. The maximum Gasteiger partial charge on any atom is 0.268 e. The first-order valence-corrected chi connectivity index (χ1v) is 7.74. The molecule has 1 aliphatic rings. The molecule has 0 aromatic carbocycles. The third-order valence-corrected chi connectivity index (χ3v) is 3.88. The monoisotopic (exact) mass is 343 g/mol. The number of nitrogens with one attached hydrogen (secondary N) is 1. The predicted molar refractivity (Wildman–Crippen MR) is 82.1 cm³/mol. The molecule has 1 saturated carbocycles. The van der Waals surface area contributed by atoms with E-state index in [-0.39, 0.29) is 5.91 Å². The molecule has 112 valence electrons. The quantitative estimate of drug-likeness (QED) is 0.784. The molecule has 1 amide bonds. The Morgan fingerprint density at radius 3 is 2.95 bits per heavy atom. The van der Waals surface area contributed by atoms with Crippen LogP contribution in [0.2, 0.25) is 0 Å². The molecule has 0 radical (unpaired) electrons. The predicted octanol–water partition coefficient (Wildman–Crippen LogP) is 1.89. The van der Waals surface area contributed by atoms with Gasteiger partial charge in [0, 0.05) is 43.5 Å². The molecule has 1 aromatic heterocycles. The van der Waals surface area contributed by atoms with Gasteiger partial charge in [-0.3, -0.25) is 4.79 Å². The third-order valence-electron chi connectivity index (χ3n) is 3.44. The highest BCUT2D eigenvalue weighted by Gasteiger charge is 2.27. The van der Waals surface area contributed by atoms with Crippen molar-refractivity contribution in [3.63, 3.8) is 0 Å². The Hall–Kier alpha value is -0.850. The molecule has 20 heavy (non-hydrogen) atoms. The second-order valence-corrected chi connectivity index (χ2v) is 6.15. The van der Waals surface area contributed by atoms with E-state index in [4.69, 9.17) is 4.74 Å². The summed E-state index contributed by atoms with van der Waals surface area (Å²) in [5, 5.41) is 2.98. The molecule has 1 fully saturated rings. The van der Waals surface area contributed by atoms with Gasteiger partial charge in [-0.1, -0.05) is 0 Å². The van der Waals surface area contributed by atoms with Crippen LogP contribution < -0.4 is 5.32 Å². The van der Waals surface area contributed by atoms with Crippen LogP contribution in [-0.2, 0) is 4.74 Å². The molecule has 0 bridgehead atoms.